The number of pyridine rings is 2. The average molecular weight is 409 g/mol. The minimum absolute atomic E-state index is 0.00643. The van der Waals surface area contributed by atoms with Crippen LogP contribution >= 0.6 is 0 Å². The van der Waals surface area contributed by atoms with Crippen LogP contribution in [0.1, 0.15) is 52.7 Å². The van der Waals surface area contributed by atoms with Gasteiger partial charge in [-0.3, -0.25) is 14.4 Å². The van der Waals surface area contributed by atoms with Gasteiger partial charge >= 0.3 is 0 Å². The fourth-order valence-electron chi connectivity index (χ4n) is 5.36. The van der Waals surface area contributed by atoms with Crippen LogP contribution in [0.25, 0.3) is 0 Å². The number of fused-ring (bicyclic) bond motifs is 4. The molecule has 0 spiro atoms. The molecule has 2 fully saturated rings. The van der Waals surface area contributed by atoms with E-state index in [1.807, 2.05) is 16.7 Å². The number of aryl methyl sites for hydroxylation is 1. The highest BCUT2D eigenvalue weighted by Gasteiger charge is 2.33. The van der Waals surface area contributed by atoms with Crippen LogP contribution in [0, 0.1) is 5.92 Å². The van der Waals surface area contributed by atoms with Gasteiger partial charge in [0, 0.05) is 57.1 Å². The van der Waals surface area contributed by atoms with E-state index in [-0.39, 0.29) is 22.9 Å². The molecule has 0 aromatic carbocycles. The van der Waals surface area contributed by atoms with Gasteiger partial charge in [0.25, 0.3) is 17.0 Å². The number of carbonyl (C=O) groups excluding carboxylic acids is 1. The predicted octanol–water partition coefficient (Wildman–Crippen LogP) is 1.27. The normalized spacial score (nSPS) is 23.8. The van der Waals surface area contributed by atoms with Gasteiger partial charge in [0.2, 0.25) is 0 Å². The summed E-state index contributed by atoms with van der Waals surface area (Å²) in [7, 11) is 1.74. The Balaban J connectivity index is 1.33. The van der Waals surface area contributed by atoms with Crippen LogP contribution in [-0.4, -0.2) is 46.1 Å². The van der Waals surface area contributed by atoms with E-state index in [9.17, 15) is 14.4 Å². The first-order valence-corrected chi connectivity index (χ1v) is 10.9. The van der Waals surface area contributed by atoms with Crippen molar-refractivity contribution in [2.24, 2.45) is 13.0 Å². The van der Waals surface area contributed by atoms with Crippen molar-refractivity contribution in [3.8, 4) is 0 Å². The first-order chi connectivity index (χ1) is 14.5. The number of nitrogens with zero attached hydrogens (tertiary/aromatic N) is 3. The van der Waals surface area contributed by atoms with E-state index < -0.39 is 0 Å². The highest BCUT2D eigenvalue weighted by Crippen LogP contribution is 2.32. The smallest absolute Gasteiger partial charge is 0.263 e. The monoisotopic (exact) mass is 408 g/mol. The third kappa shape index (κ3) is 3.31. The third-order valence-corrected chi connectivity index (χ3v) is 7.12. The number of carbonyl (C=O) groups is 1. The van der Waals surface area contributed by atoms with E-state index in [4.69, 9.17) is 0 Å². The van der Waals surface area contributed by atoms with E-state index in [1.54, 1.807) is 34.8 Å². The van der Waals surface area contributed by atoms with Gasteiger partial charge in [0.15, 0.2) is 0 Å². The maximum absolute atomic E-state index is 13.1. The SMILES string of the molecule is Cn1ccc(C2CCN(C(=O)c3ccc4n(c3=O)C[C@@H]3CNC[C@H]4C3)CC2)cc1=O. The number of likely N-dealkylation sites (tertiary alicyclic amines) is 1. The van der Waals surface area contributed by atoms with Crippen LogP contribution in [-0.2, 0) is 13.6 Å². The topological polar surface area (TPSA) is 76.3 Å². The van der Waals surface area contributed by atoms with E-state index in [2.05, 4.69) is 5.32 Å². The zero-order chi connectivity index (χ0) is 20.8. The highest BCUT2D eigenvalue weighted by atomic mass is 16.2. The Morgan fingerprint density at radius 1 is 1.07 bits per heavy atom. The first kappa shape index (κ1) is 19.3. The summed E-state index contributed by atoms with van der Waals surface area (Å²) in [4.78, 5) is 40.0. The van der Waals surface area contributed by atoms with Crippen molar-refractivity contribution in [1.29, 1.82) is 0 Å². The quantitative estimate of drug-likeness (QED) is 0.812. The maximum atomic E-state index is 13.1. The van der Waals surface area contributed by atoms with Gasteiger partial charge in [-0.05, 0) is 61.4 Å². The van der Waals surface area contributed by atoms with Gasteiger partial charge in [0.1, 0.15) is 5.56 Å². The van der Waals surface area contributed by atoms with Gasteiger partial charge in [-0.25, -0.2) is 0 Å². The molecule has 3 aliphatic heterocycles. The van der Waals surface area contributed by atoms with Crippen LogP contribution in [0.4, 0.5) is 0 Å². The Morgan fingerprint density at radius 2 is 1.87 bits per heavy atom. The van der Waals surface area contributed by atoms with Crippen LogP contribution in [0.5, 0.6) is 0 Å². The van der Waals surface area contributed by atoms with Gasteiger partial charge in [-0.2, -0.15) is 0 Å². The summed E-state index contributed by atoms with van der Waals surface area (Å²) in [5.74, 6) is 0.948. The Kier molecular flexibility index (Phi) is 4.85. The number of piperidine rings is 2. The summed E-state index contributed by atoms with van der Waals surface area (Å²) in [6.07, 6.45) is 4.53. The van der Waals surface area contributed by atoms with E-state index in [1.165, 1.54) is 0 Å². The second-order valence-electron chi connectivity index (χ2n) is 9.02. The minimum atomic E-state index is -0.161. The molecule has 2 aromatic heterocycles. The molecule has 2 atom stereocenters. The molecule has 158 valence electrons. The van der Waals surface area contributed by atoms with Gasteiger partial charge in [0.05, 0.1) is 0 Å². The van der Waals surface area contributed by atoms with Crippen LogP contribution in [0.2, 0.25) is 0 Å². The molecule has 0 saturated carbocycles. The first-order valence-electron chi connectivity index (χ1n) is 10.9. The maximum Gasteiger partial charge on any atom is 0.263 e. The van der Waals surface area contributed by atoms with Crippen molar-refractivity contribution < 1.29 is 4.79 Å². The Morgan fingerprint density at radius 3 is 2.63 bits per heavy atom. The summed E-state index contributed by atoms with van der Waals surface area (Å²) in [5.41, 5.74) is 2.25. The second-order valence-corrected chi connectivity index (χ2v) is 9.02. The number of nitrogens with one attached hydrogen (secondary N) is 1. The largest absolute Gasteiger partial charge is 0.338 e. The lowest BCUT2D eigenvalue weighted by molar-refractivity contribution is 0.0709. The van der Waals surface area contributed by atoms with Crippen molar-refractivity contribution in [2.45, 2.75) is 37.6 Å². The van der Waals surface area contributed by atoms with E-state index in [0.717, 1.165) is 43.6 Å². The summed E-state index contributed by atoms with van der Waals surface area (Å²) in [6.45, 7) is 3.75. The zero-order valence-corrected chi connectivity index (χ0v) is 17.3. The molecule has 2 bridgehead atoms. The summed E-state index contributed by atoms with van der Waals surface area (Å²) >= 11 is 0. The summed E-state index contributed by atoms with van der Waals surface area (Å²) < 4.78 is 3.41. The molecule has 0 unspecified atom stereocenters. The minimum Gasteiger partial charge on any atom is -0.338 e. The molecule has 7 nitrogen and oxygen atoms in total. The Hall–Kier alpha value is -2.67. The lowest BCUT2D eigenvalue weighted by Crippen LogP contribution is -2.47. The molecule has 3 aliphatic rings. The molecular weight excluding hydrogens is 380 g/mol. The Bertz CT molecular complexity index is 1090. The zero-order valence-electron chi connectivity index (χ0n) is 17.3. The lowest BCUT2D eigenvalue weighted by Gasteiger charge is -2.38. The third-order valence-electron chi connectivity index (χ3n) is 7.12. The molecule has 0 radical (unpaired) electrons. The molecule has 2 saturated heterocycles. The molecule has 5 heterocycles. The molecule has 5 rings (SSSR count). The molecule has 1 amide bonds. The van der Waals surface area contributed by atoms with Crippen molar-refractivity contribution in [3.63, 3.8) is 0 Å². The molecule has 1 N–H and O–H groups in total. The van der Waals surface area contributed by atoms with Gasteiger partial charge in [-0.15, -0.1) is 0 Å². The van der Waals surface area contributed by atoms with Crippen LogP contribution in [0.15, 0.2) is 40.1 Å². The molecule has 0 aliphatic carbocycles. The van der Waals surface area contributed by atoms with Gasteiger partial charge < -0.3 is 19.4 Å². The molecular formula is C23H28N4O3. The van der Waals surface area contributed by atoms with Gasteiger partial charge in [-0.1, -0.05) is 0 Å². The standard InChI is InChI=1S/C23H28N4O3/c1-25-7-4-17(11-21(25)28)16-5-8-26(9-6-16)22(29)19-2-3-20-18-10-15(12-24-13-18)14-27(20)23(19)30/h2-4,7,11,15-16,18,24H,5-6,8-10,12-14H2,1H3/t15-,18+/m0/s1. The summed E-state index contributed by atoms with van der Waals surface area (Å²) in [6, 6.07) is 7.41. The number of rotatable bonds is 2. The molecule has 2 aromatic rings. The number of aromatic nitrogens is 2. The van der Waals surface area contributed by atoms with Crippen molar-refractivity contribution >= 4 is 5.91 Å². The molecule has 30 heavy (non-hydrogen) atoms. The number of hydrogen-bond donors (Lipinski definition) is 1. The lowest BCUT2D eigenvalue weighted by atomic mass is 9.84. The average Bonchev–Trinajstić information content (AvgIpc) is 2.76. The van der Waals surface area contributed by atoms with Crippen molar-refractivity contribution in [2.75, 3.05) is 26.2 Å². The number of amides is 1. The predicted molar refractivity (Wildman–Crippen MR) is 114 cm³/mol. The van der Waals surface area contributed by atoms with Crippen LogP contribution in [0.3, 0.4) is 0 Å². The summed E-state index contributed by atoms with van der Waals surface area (Å²) in [5, 5.41) is 3.45. The highest BCUT2D eigenvalue weighted by molar-refractivity contribution is 5.94. The van der Waals surface area contributed by atoms with E-state index >= 15 is 0 Å². The second kappa shape index (κ2) is 7.54. The van der Waals surface area contributed by atoms with E-state index in [0.29, 0.717) is 37.0 Å². The number of hydrogen-bond acceptors (Lipinski definition) is 4. The molecule has 7 heteroatoms. The fraction of sp³-hybridized carbons (Fsp3) is 0.522. The van der Waals surface area contributed by atoms with Crippen LogP contribution < -0.4 is 16.4 Å². The van der Waals surface area contributed by atoms with Crippen molar-refractivity contribution in [3.05, 3.63) is 68.0 Å². The Labute approximate surface area is 175 Å². The fourth-order valence-corrected chi connectivity index (χ4v) is 5.36. The van der Waals surface area contributed by atoms with Crippen molar-refractivity contribution in [1.82, 2.24) is 19.4 Å².